The number of nitrogens with zero attached hydrogens (tertiary/aromatic N) is 3. The van der Waals surface area contributed by atoms with Gasteiger partial charge in [-0.3, -0.25) is 9.59 Å². The number of imide groups is 1. The minimum Gasteiger partial charge on any atom is -0.391 e. The molecule has 1 saturated heterocycles. The summed E-state index contributed by atoms with van der Waals surface area (Å²) in [5, 5.41) is 21.6. The van der Waals surface area contributed by atoms with Crippen LogP contribution >= 0.6 is 0 Å². The van der Waals surface area contributed by atoms with E-state index in [9.17, 15) is 14.7 Å². The van der Waals surface area contributed by atoms with E-state index in [1.165, 1.54) is 4.90 Å². The normalized spacial score (nSPS) is 24.2. The van der Waals surface area contributed by atoms with Crippen molar-refractivity contribution in [1.29, 1.82) is 5.26 Å². The zero-order chi connectivity index (χ0) is 22.1. The Kier molecular flexibility index (Phi) is 5.59. The van der Waals surface area contributed by atoms with E-state index in [4.69, 9.17) is 5.26 Å². The van der Waals surface area contributed by atoms with Crippen LogP contribution in [-0.4, -0.2) is 40.1 Å². The fourth-order valence-corrected chi connectivity index (χ4v) is 4.09. The number of anilines is 2. The molecule has 0 spiro atoms. The number of benzene rings is 2. The Balaban J connectivity index is 1.72. The summed E-state index contributed by atoms with van der Waals surface area (Å²) in [7, 11) is 0. The van der Waals surface area contributed by atoms with E-state index in [1.807, 2.05) is 19.9 Å². The minimum atomic E-state index is -0.799. The molecule has 4 unspecified atom stereocenters. The van der Waals surface area contributed by atoms with Crippen LogP contribution in [-0.2, 0) is 9.59 Å². The minimum absolute atomic E-state index is 0.0612. The number of nitriles is 1. The third-order valence-corrected chi connectivity index (χ3v) is 5.78. The van der Waals surface area contributed by atoms with Gasteiger partial charge in [0.1, 0.15) is 6.04 Å². The summed E-state index contributed by atoms with van der Waals surface area (Å²) in [6.45, 7) is 3.81. The Hall–Kier alpha value is -3.47. The van der Waals surface area contributed by atoms with Crippen molar-refractivity contribution in [2.45, 2.75) is 32.0 Å². The molecule has 158 valence electrons. The topological polar surface area (TPSA) is 96.7 Å². The van der Waals surface area contributed by atoms with Crippen LogP contribution in [0.3, 0.4) is 0 Å². The van der Waals surface area contributed by atoms with E-state index in [0.29, 0.717) is 16.9 Å². The van der Waals surface area contributed by atoms with Gasteiger partial charge in [0.25, 0.3) is 5.91 Å². The molecule has 0 radical (unpaired) electrons. The molecule has 4 rings (SSSR count). The number of aliphatic hydroxyl groups is 1. The van der Waals surface area contributed by atoms with Crippen LogP contribution in [0.5, 0.6) is 0 Å². The van der Waals surface area contributed by atoms with Crippen molar-refractivity contribution in [2.24, 2.45) is 11.8 Å². The molecule has 31 heavy (non-hydrogen) atoms. The molecule has 7 heteroatoms. The summed E-state index contributed by atoms with van der Waals surface area (Å²) >= 11 is 0. The Morgan fingerprint density at radius 1 is 1.00 bits per heavy atom. The second-order valence-electron chi connectivity index (χ2n) is 8.14. The first kappa shape index (κ1) is 20.8. The Labute approximate surface area is 181 Å². The lowest BCUT2D eigenvalue weighted by Crippen LogP contribution is -2.58. The van der Waals surface area contributed by atoms with Crippen molar-refractivity contribution in [1.82, 2.24) is 5.01 Å². The Morgan fingerprint density at radius 3 is 2.29 bits per heavy atom. The van der Waals surface area contributed by atoms with Crippen molar-refractivity contribution in [3.8, 4) is 6.07 Å². The van der Waals surface area contributed by atoms with Crippen molar-refractivity contribution >= 4 is 23.2 Å². The number of carbonyl (C=O) groups is 2. The molecule has 7 nitrogen and oxygen atoms in total. The average Bonchev–Trinajstić information content (AvgIpc) is 3.04. The van der Waals surface area contributed by atoms with E-state index < -0.39 is 24.1 Å². The van der Waals surface area contributed by atoms with Gasteiger partial charge in [0.2, 0.25) is 5.91 Å². The largest absolute Gasteiger partial charge is 0.391 e. The molecule has 2 aromatic rings. The third-order valence-electron chi connectivity index (χ3n) is 5.78. The van der Waals surface area contributed by atoms with Crippen LogP contribution in [0.15, 0.2) is 66.7 Å². The Bertz CT molecular complexity index is 1040. The summed E-state index contributed by atoms with van der Waals surface area (Å²) in [6, 6.07) is 16.4. The second-order valence-corrected chi connectivity index (χ2v) is 8.14. The van der Waals surface area contributed by atoms with Crippen LogP contribution < -0.4 is 10.3 Å². The van der Waals surface area contributed by atoms with Crippen molar-refractivity contribution < 1.29 is 14.7 Å². The molecule has 2 N–H and O–H groups in total. The zero-order valence-corrected chi connectivity index (χ0v) is 17.3. The van der Waals surface area contributed by atoms with Crippen LogP contribution in [0.2, 0.25) is 0 Å². The van der Waals surface area contributed by atoms with Crippen molar-refractivity contribution in [3.05, 3.63) is 72.3 Å². The van der Waals surface area contributed by atoms with Crippen molar-refractivity contribution in [3.63, 3.8) is 0 Å². The fraction of sp³-hybridized carbons (Fsp3) is 0.292. The monoisotopic (exact) mass is 416 g/mol. The van der Waals surface area contributed by atoms with Gasteiger partial charge in [-0.1, -0.05) is 44.2 Å². The number of carbonyl (C=O) groups excluding carboxylic acids is 2. The summed E-state index contributed by atoms with van der Waals surface area (Å²) in [5.41, 5.74) is 4.93. The number of para-hydroxylation sites is 1. The molecule has 0 aliphatic carbocycles. The smallest absolute Gasteiger partial charge is 0.254 e. The number of fused-ring (bicyclic) bond motifs is 1. The number of hydrogen-bond donors (Lipinski definition) is 2. The molecule has 0 saturated carbocycles. The maximum Gasteiger partial charge on any atom is 0.254 e. The van der Waals surface area contributed by atoms with Gasteiger partial charge in [0.15, 0.2) is 0 Å². The fourth-order valence-electron chi connectivity index (χ4n) is 4.09. The molecule has 2 aliphatic heterocycles. The summed E-state index contributed by atoms with van der Waals surface area (Å²) in [4.78, 5) is 27.8. The van der Waals surface area contributed by atoms with E-state index in [-0.39, 0.29) is 17.7 Å². The van der Waals surface area contributed by atoms with Gasteiger partial charge in [0.05, 0.1) is 35.4 Å². The molecular weight excluding hydrogens is 392 g/mol. The summed E-state index contributed by atoms with van der Waals surface area (Å²) in [5.74, 6) is -1.35. The highest BCUT2D eigenvalue weighted by molar-refractivity contribution is 6.24. The van der Waals surface area contributed by atoms with Crippen LogP contribution in [0.1, 0.15) is 19.4 Å². The quantitative estimate of drug-likeness (QED) is 0.575. The maximum absolute atomic E-state index is 13.5. The first-order valence-corrected chi connectivity index (χ1v) is 10.3. The maximum atomic E-state index is 13.5. The van der Waals surface area contributed by atoms with Crippen LogP contribution in [0.4, 0.5) is 11.4 Å². The van der Waals surface area contributed by atoms with Gasteiger partial charge in [-0.15, -0.1) is 0 Å². The predicted molar refractivity (Wildman–Crippen MR) is 117 cm³/mol. The van der Waals surface area contributed by atoms with E-state index >= 15 is 0 Å². The average molecular weight is 416 g/mol. The SMILES string of the molecule is CC(C)C(O)C1C=CC2C(=O)N(c3ccccc3)C(=O)C2N1Nc1ccc(C#N)cc1. The number of amides is 2. The van der Waals surface area contributed by atoms with Gasteiger partial charge >= 0.3 is 0 Å². The second kappa shape index (κ2) is 8.34. The predicted octanol–water partition coefficient (Wildman–Crippen LogP) is 2.70. The van der Waals surface area contributed by atoms with E-state index in [0.717, 1.165) is 0 Å². The van der Waals surface area contributed by atoms with Gasteiger partial charge in [0, 0.05) is 5.69 Å². The molecule has 0 aromatic heterocycles. The number of rotatable bonds is 5. The van der Waals surface area contributed by atoms with Crippen LogP contribution in [0.25, 0.3) is 0 Å². The summed E-state index contributed by atoms with van der Waals surface area (Å²) in [6.07, 6.45) is 2.78. The number of aliphatic hydroxyl groups excluding tert-OH is 1. The highest BCUT2D eigenvalue weighted by atomic mass is 16.3. The number of nitrogens with one attached hydrogen (secondary N) is 1. The van der Waals surface area contributed by atoms with E-state index in [1.54, 1.807) is 65.7 Å². The van der Waals surface area contributed by atoms with Crippen molar-refractivity contribution in [2.75, 3.05) is 10.3 Å². The molecular formula is C24H24N4O3. The van der Waals surface area contributed by atoms with Gasteiger partial charge in [-0.25, -0.2) is 9.91 Å². The third kappa shape index (κ3) is 3.72. The van der Waals surface area contributed by atoms with Gasteiger partial charge in [-0.2, -0.15) is 5.26 Å². The first-order valence-electron chi connectivity index (χ1n) is 10.3. The van der Waals surface area contributed by atoms with Gasteiger partial charge < -0.3 is 10.5 Å². The first-order chi connectivity index (χ1) is 14.9. The lowest BCUT2D eigenvalue weighted by Gasteiger charge is -2.41. The highest BCUT2D eigenvalue weighted by Crippen LogP contribution is 2.36. The molecule has 2 aromatic carbocycles. The molecule has 2 aliphatic rings. The lowest BCUT2D eigenvalue weighted by atomic mass is 9.89. The van der Waals surface area contributed by atoms with Gasteiger partial charge in [-0.05, 0) is 42.3 Å². The number of hydrazine groups is 1. The molecule has 2 heterocycles. The molecule has 0 bridgehead atoms. The number of hydrogen-bond acceptors (Lipinski definition) is 6. The summed E-state index contributed by atoms with van der Waals surface area (Å²) < 4.78 is 0. The Morgan fingerprint density at radius 2 is 1.68 bits per heavy atom. The van der Waals surface area contributed by atoms with E-state index in [2.05, 4.69) is 11.5 Å². The molecule has 2 amide bonds. The lowest BCUT2D eigenvalue weighted by molar-refractivity contribution is -0.123. The zero-order valence-electron chi connectivity index (χ0n) is 17.3. The van der Waals surface area contributed by atoms with Crippen LogP contribution in [0, 0.1) is 23.2 Å². The molecule has 1 fully saturated rings. The molecule has 4 atom stereocenters. The standard InChI is InChI=1S/C24H24N4O3/c1-15(2)22(29)20-13-12-19-21(28(20)26-17-10-8-16(14-25)9-11-17)24(31)27(23(19)30)18-6-4-3-5-7-18/h3-13,15,19-22,26,29H,1-2H3. The highest BCUT2D eigenvalue weighted by Gasteiger charge is 2.54.